The van der Waals surface area contributed by atoms with Gasteiger partial charge in [-0.3, -0.25) is 0 Å². The lowest BCUT2D eigenvalue weighted by Crippen LogP contribution is -1.92. The summed E-state index contributed by atoms with van der Waals surface area (Å²) in [6, 6.07) is 18.3. The van der Waals surface area contributed by atoms with Gasteiger partial charge in [0, 0.05) is 4.88 Å². The molecular formula is C18H14O2S. The van der Waals surface area contributed by atoms with E-state index in [4.69, 9.17) is 9.84 Å². The van der Waals surface area contributed by atoms with Crippen LogP contribution in [0.2, 0.25) is 0 Å². The Balaban J connectivity index is 1.69. The van der Waals surface area contributed by atoms with E-state index in [1.165, 1.54) is 10.8 Å². The van der Waals surface area contributed by atoms with Gasteiger partial charge in [0.25, 0.3) is 0 Å². The number of rotatable bonds is 3. The fraction of sp³-hybridized carbons (Fsp3) is 0.111. The number of fused-ring (bicyclic) bond motifs is 1. The van der Waals surface area contributed by atoms with E-state index >= 15 is 0 Å². The fourth-order valence-electron chi connectivity index (χ4n) is 2.06. The molecule has 0 aliphatic carbocycles. The third-order valence-corrected chi connectivity index (χ3v) is 4.03. The van der Waals surface area contributed by atoms with Crippen LogP contribution in [0.3, 0.4) is 0 Å². The number of aliphatic hydroxyl groups is 1. The zero-order valence-corrected chi connectivity index (χ0v) is 12.2. The maximum Gasteiger partial charge on any atom is 0.122 e. The average molecular weight is 294 g/mol. The van der Waals surface area contributed by atoms with Gasteiger partial charge in [-0.15, -0.1) is 11.3 Å². The molecule has 3 aromatic rings. The van der Waals surface area contributed by atoms with E-state index in [0.717, 1.165) is 15.5 Å². The molecule has 21 heavy (non-hydrogen) atoms. The summed E-state index contributed by atoms with van der Waals surface area (Å²) in [5.74, 6) is 6.41. The maximum atomic E-state index is 8.68. The smallest absolute Gasteiger partial charge is 0.122 e. The molecule has 3 rings (SSSR count). The van der Waals surface area contributed by atoms with Gasteiger partial charge in [0.2, 0.25) is 0 Å². The van der Waals surface area contributed by atoms with Gasteiger partial charge in [-0.25, -0.2) is 0 Å². The Labute approximate surface area is 127 Å². The first-order valence-electron chi connectivity index (χ1n) is 6.65. The number of ether oxygens (including phenoxy) is 1. The maximum absolute atomic E-state index is 8.68. The Hall–Kier alpha value is -2.28. The summed E-state index contributed by atoms with van der Waals surface area (Å²) in [6.07, 6.45) is 0. The molecule has 2 aromatic carbocycles. The number of benzene rings is 2. The summed E-state index contributed by atoms with van der Waals surface area (Å²) in [5.41, 5.74) is 0. The third kappa shape index (κ3) is 3.43. The number of hydrogen-bond acceptors (Lipinski definition) is 3. The molecule has 104 valence electrons. The van der Waals surface area contributed by atoms with Crippen molar-refractivity contribution in [2.45, 2.75) is 6.61 Å². The van der Waals surface area contributed by atoms with Gasteiger partial charge in [-0.05, 0) is 35.0 Å². The third-order valence-electron chi connectivity index (χ3n) is 3.05. The molecule has 0 atom stereocenters. The predicted octanol–water partition coefficient (Wildman–Crippen LogP) is 3.82. The zero-order chi connectivity index (χ0) is 14.5. The molecule has 0 amide bonds. The topological polar surface area (TPSA) is 29.5 Å². The second-order valence-corrected chi connectivity index (χ2v) is 5.69. The number of aliphatic hydroxyl groups excluding tert-OH is 1. The molecule has 0 spiro atoms. The van der Waals surface area contributed by atoms with Gasteiger partial charge in [0.05, 0.1) is 4.88 Å². The summed E-state index contributed by atoms with van der Waals surface area (Å²) < 4.78 is 5.83. The number of hydrogen-bond donors (Lipinski definition) is 1. The summed E-state index contributed by atoms with van der Waals surface area (Å²) in [6.45, 7) is 0.421. The second-order valence-electron chi connectivity index (χ2n) is 4.52. The molecule has 0 bridgehead atoms. The highest BCUT2D eigenvalue weighted by molar-refractivity contribution is 7.12. The van der Waals surface area contributed by atoms with Crippen LogP contribution in [0.1, 0.15) is 9.75 Å². The molecule has 0 saturated carbocycles. The van der Waals surface area contributed by atoms with Crippen molar-refractivity contribution in [3.05, 3.63) is 64.4 Å². The minimum Gasteiger partial charge on any atom is -0.488 e. The van der Waals surface area contributed by atoms with Crippen molar-refractivity contribution in [3.63, 3.8) is 0 Å². The summed E-state index contributed by atoms with van der Waals surface area (Å²) in [5, 5.41) is 11.1. The molecule has 0 fully saturated rings. The van der Waals surface area contributed by atoms with E-state index in [-0.39, 0.29) is 6.61 Å². The van der Waals surface area contributed by atoms with Crippen molar-refractivity contribution in [2.24, 2.45) is 0 Å². The van der Waals surface area contributed by atoms with Gasteiger partial charge in [-0.1, -0.05) is 42.2 Å². The van der Waals surface area contributed by atoms with Crippen LogP contribution in [0.15, 0.2) is 54.6 Å². The van der Waals surface area contributed by atoms with Crippen molar-refractivity contribution in [3.8, 4) is 17.6 Å². The molecule has 0 saturated heterocycles. The van der Waals surface area contributed by atoms with Crippen LogP contribution >= 0.6 is 11.3 Å². The monoisotopic (exact) mass is 294 g/mol. The molecule has 1 heterocycles. The van der Waals surface area contributed by atoms with Crippen molar-refractivity contribution in [2.75, 3.05) is 6.61 Å². The van der Waals surface area contributed by atoms with E-state index in [1.807, 2.05) is 30.3 Å². The van der Waals surface area contributed by atoms with Crippen molar-refractivity contribution < 1.29 is 9.84 Å². The quantitative estimate of drug-likeness (QED) is 0.744. The van der Waals surface area contributed by atoms with Crippen molar-refractivity contribution in [1.82, 2.24) is 0 Å². The lowest BCUT2D eigenvalue weighted by atomic mass is 10.1. The van der Waals surface area contributed by atoms with Crippen molar-refractivity contribution >= 4 is 22.1 Å². The standard InChI is InChI=1S/C18H14O2S/c19-11-3-6-17-9-10-18(21-17)13-20-16-8-7-14-4-1-2-5-15(14)12-16/h1-2,4-5,7-10,12,19H,11,13H2. The first-order valence-corrected chi connectivity index (χ1v) is 7.47. The van der Waals surface area contributed by atoms with Crippen LogP contribution in [0.25, 0.3) is 10.8 Å². The number of thiophene rings is 1. The SMILES string of the molecule is OCC#Cc1ccc(COc2ccc3ccccc3c2)s1. The van der Waals surface area contributed by atoms with E-state index in [0.29, 0.717) is 6.61 Å². The van der Waals surface area contributed by atoms with Crippen LogP contribution < -0.4 is 4.74 Å². The zero-order valence-electron chi connectivity index (χ0n) is 11.4. The molecule has 2 nitrogen and oxygen atoms in total. The molecular weight excluding hydrogens is 280 g/mol. The highest BCUT2D eigenvalue weighted by Crippen LogP contribution is 2.23. The molecule has 0 radical (unpaired) electrons. The second kappa shape index (κ2) is 6.45. The highest BCUT2D eigenvalue weighted by atomic mass is 32.1. The fourth-order valence-corrected chi connectivity index (χ4v) is 2.86. The predicted molar refractivity (Wildman–Crippen MR) is 86.6 cm³/mol. The minimum atomic E-state index is -0.110. The molecule has 3 heteroatoms. The molecule has 0 aliphatic rings. The van der Waals surface area contributed by atoms with Crippen LogP contribution in [0.4, 0.5) is 0 Å². The summed E-state index contributed by atoms with van der Waals surface area (Å²) in [7, 11) is 0. The highest BCUT2D eigenvalue weighted by Gasteiger charge is 2.01. The average Bonchev–Trinajstić information content (AvgIpc) is 2.98. The molecule has 0 aliphatic heterocycles. The van der Waals surface area contributed by atoms with E-state index in [2.05, 4.69) is 36.1 Å². The summed E-state index contributed by atoms with van der Waals surface area (Å²) >= 11 is 1.59. The van der Waals surface area contributed by atoms with Gasteiger partial charge >= 0.3 is 0 Å². The Kier molecular flexibility index (Phi) is 4.20. The first-order chi connectivity index (χ1) is 10.3. The Morgan fingerprint density at radius 2 is 1.86 bits per heavy atom. The van der Waals surface area contributed by atoms with Crippen LogP contribution in [-0.4, -0.2) is 11.7 Å². The Bertz CT molecular complexity index is 808. The van der Waals surface area contributed by atoms with E-state index in [1.54, 1.807) is 11.3 Å². The van der Waals surface area contributed by atoms with Gasteiger partial charge in [-0.2, -0.15) is 0 Å². The minimum absolute atomic E-state index is 0.110. The molecule has 1 aromatic heterocycles. The Morgan fingerprint density at radius 3 is 2.71 bits per heavy atom. The molecule has 1 N–H and O–H groups in total. The van der Waals surface area contributed by atoms with Gasteiger partial charge in [0.1, 0.15) is 19.0 Å². The van der Waals surface area contributed by atoms with E-state index in [9.17, 15) is 0 Å². The molecule has 0 unspecified atom stereocenters. The van der Waals surface area contributed by atoms with Gasteiger partial charge in [0.15, 0.2) is 0 Å². The van der Waals surface area contributed by atoms with E-state index < -0.39 is 0 Å². The summed E-state index contributed by atoms with van der Waals surface area (Å²) in [4.78, 5) is 2.06. The Morgan fingerprint density at radius 1 is 1.00 bits per heavy atom. The van der Waals surface area contributed by atoms with Gasteiger partial charge < -0.3 is 9.84 Å². The van der Waals surface area contributed by atoms with Crippen LogP contribution in [0.5, 0.6) is 5.75 Å². The van der Waals surface area contributed by atoms with Crippen LogP contribution in [-0.2, 0) is 6.61 Å². The lowest BCUT2D eigenvalue weighted by molar-refractivity contribution is 0.310. The normalized spacial score (nSPS) is 10.1. The van der Waals surface area contributed by atoms with Crippen LogP contribution in [0, 0.1) is 11.8 Å². The lowest BCUT2D eigenvalue weighted by Gasteiger charge is -2.05. The largest absolute Gasteiger partial charge is 0.488 e. The first kappa shape index (κ1) is 13.7. The van der Waals surface area contributed by atoms with Crippen molar-refractivity contribution in [1.29, 1.82) is 0 Å².